The summed E-state index contributed by atoms with van der Waals surface area (Å²) in [5.74, 6) is -0.572. The topological polar surface area (TPSA) is 37.3 Å². The molecule has 0 spiro atoms. The van der Waals surface area contributed by atoms with Crippen molar-refractivity contribution >= 4 is 17.8 Å². The lowest BCUT2D eigenvalue weighted by Crippen LogP contribution is -2.01. The molecule has 0 amide bonds. The minimum absolute atomic E-state index is 0.00559. The van der Waals surface area contributed by atoms with Gasteiger partial charge in [-0.15, -0.1) is 0 Å². The highest BCUT2D eigenvalue weighted by molar-refractivity contribution is 7.94. The summed E-state index contributed by atoms with van der Waals surface area (Å²) in [5.41, 5.74) is 0.415. The van der Waals surface area contributed by atoms with Crippen LogP contribution in [-0.4, -0.2) is 16.1 Å². The quantitative estimate of drug-likeness (QED) is 0.581. The molecule has 4 heteroatoms. The molecule has 0 aliphatic heterocycles. The van der Waals surface area contributed by atoms with E-state index in [1.165, 1.54) is 24.3 Å². The van der Waals surface area contributed by atoms with Gasteiger partial charge in [0.15, 0.2) is 5.78 Å². The van der Waals surface area contributed by atoms with Crippen LogP contribution in [0.25, 0.3) is 0 Å². The first kappa shape index (κ1) is 9.22. The number of benzene rings is 1. The van der Waals surface area contributed by atoms with Crippen LogP contribution in [0.5, 0.6) is 0 Å². The van der Waals surface area contributed by atoms with Gasteiger partial charge >= 0.3 is 0 Å². The van der Waals surface area contributed by atoms with Gasteiger partial charge in [0.25, 0.3) is 0 Å². The number of rotatable bonds is 3. The lowest BCUT2D eigenvalue weighted by atomic mass is 10.1. The Hall–Kier alpha value is -0.870. The van der Waals surface area contributed by atoms with Crippen molar-refractivity contribution in [1.29, 1.82) is 0 Å². The van der Waals surface area contributed by atoms with Gasteiger partial charge < -0.3 is 4.55 Å². The highest BCUT2D eigenvalue weighted by Crippen LogP contribution is 2.06. The van der Waals surface area contributed by atoms with E-state index in [1.54, 1.807) is 0 Å². The second-order valence-corrected chi connectivity index (χ2v) is 2.75. The molecule has 0 aromatic heterocycles. The van der Waals surface area contributed by atoms with Gasteiger partial charge in [-0.25, -0.2) is 4.39 Å². The molecular weight excluding hydrogens is 179 g/mol. The Kier molecular flexibility index (Phi) is 3.25. The second kappa shape index (κ2) is 4.23. The predicted octanol–water partition coefficient (Wildman–Crippen LogP) is 2.21. The molecule has 0 saturated heterocycles. The molecule has 64 valence electrons. The molecule has 0 bridgehead atoms. The maximum absolute atomic E-state index is 12.4. The fraction of sp³-hybridized carbons (Fsp3) is 0.125. The first-order valence-electron chi connectivity index (χ1n) is 3.29. The maximum Gasteiger partial charge on any atom is 0.175 e. The van der Waals surface area contributed by atoms with E-state index in [0.717, 1.165) is 0 Å². The first-order chi connectivity index (χ1) is 5.74. The molecule has 1 aromatic carbocycles. The Balaban J connectivity index is 2.75. The average molecular weight is 186 g/mol. The van der Waals surface area contributed by atoms with Crippen molar-refractivity contribution in [2.75, 3.05) is 5.75 Å². The number of carbonyl (C=O) groups is 1. The first-order valence-corrected chi connectivity index (χ1v) is 4.23. The van der Waals surface area contributed by atoms with Crippen LogP contribution in [0, 0.1) is 5.82 Å². The van der Waals surface area contributed by atoms with Gasteiger partial charge in [0.05, 0.1) is 5.75 Å². The Morgan fingerprint density at radius 3 is 2.50 bits per heavy atom. The highest BCUT2D eigenvalue weighted by Gasteiger charge is 2.04. The third kappa shape index (κ3) is 2.32. The molecule has 0 aliphatic carbocycles. The molecule has 0 atom stereocenters. The van der Waals surface area contributed by atoms with Crippen LogP contribution in [-0.2, 0) is 0 Å². The summed E-state index contributed by atoms with van der Waals surface area (Å²) in [6.07, 6.45) is 0. The van der Waals surface area contributed by atoms with Crippen molar-refractivity contribution in [2.24, 2.45) is 0 Å². The van der Waals surface area contributed by atoms with E-state index in [9.17, 15) is 9.18 Å². The average Bonchev–Trinajstić information content (AvgIpc) is 2.06. The van der Waals surface area contributed by atoms with E-state index in [-0.39, 0.29) is 17.4 Å². The monoisotopic (exact) mass is 186 g/mol. The number of hydrogen-bond acceptors (Lipinski definition) is 3. The summed E-state index contributed by atoms with van der Waals surface area (Å²) in [7, 11) is 0. The van der Waals surface area contributed by atoms with Crippen LogP contribution in [0.3, 0.4) is 0 Å². The minimum atomic E-state index is -0.372. The van der Waals surface area contributed by atoms with E-state index in [2.05, 4.69) is 0 Å². The Labute approximate surface area is 73.6 Å². The summed E-state index contributed by atoms with van der Waals surface area (Å²) >= 11 is 0.465. The standard InChI is InChI=1S/C8H7FO2S/c9-7-3-1-6(2-4-7)8(10)5-12-11/h1-4,11H,5H2. The molecule has 2 nitrogen and oxygen atoms in total. The van der Waals surface area contributed by atoms with Gasteiger partial charge in [-0.05, 0) is 36.3 Å². The van der Waals surface area contributed by atoms with Gasteiger partial charge in [-0.2, -0.15) is 0 Å². The van der Waals surface area contributed by atoms with Crippen LogP contribution >= 0.6 is 12.0 Å². The molecular formula is C8H7FO2S. The largest absolute Gasteiger partial charge is 0.330 e. The fourth-order valence-corrected chi connectivity index (χ4v) is 1.06. The van der Waals surface area contributed by atoms with Gasteiger partial charge in [-0.3, -0.25) is 4.79 Å². The minimum Gasteiger partial charge on any atom is -0.330 e. The van der Waals surface area contributed by atoms with Crippen molar-refractivity contribution in [2.45, 2.75) is 0 Å². The van der Waals surface area contributed by atoms with E-state index in [4.69, 9.17) is 4.55 Å². The highest BCUT2D eigenvalue weighted by atomic mass is 32.2. The van der Waals surface area contributed by atoms with E-state index >= 15 is 0 Å². The summed E-state index contributed by atoms with van der Waals surface area (Å²) in [4.78, 5) is 11.1. The zero-order chi connectivity index (χ0) is 8.97. The van der Waals surface area contributed by atoms with E-state index in [1.807, 2.05) is 0 Å². The molecule has 1 rings (SSSR count). The van der Waals surface area contributed by atoms with Crippen molar-refractivity contribution in [3.05, 3.63) is 35.6 Å². The molecule has 0 aliphatic rings. The van der Waals surface area contributed by atoms with Gasteiger partial charge in [0.1, 0.15) is 5.82 Å². The van der Waals surface area contributed by atoms with Crippen LogP contribution in [0.1, 0.15) is 10.4 Å². The molecule has 0 heterocycles. The molecule has 1 N–H and O–H groups in total. The molecule has 0 unspecified atom stereocenters. The third-order valence-corrected chi connectivity index (χ3v) is 1.75. The Morgan fingerprint density at radius 2 is 2.00 bits per heavy atom. The van der Waals surface area contributed by atoms with Crippen molar-refractivity contribution < 1.29 is 13.7 Å². The van der Waals surface area contributed by atoms with E-state index < -0.39 is 0 Å². The number of carbonyl (C=O) groups excluding carboxylic acids is 1. The van der Waals surface area contributed by atoms with Crippen molar-refractivity contribution in [1.82, 2.24) is 0 Å². The number of hydrogen-bond donors (Lipinski definition) is 1. The zero-order valence-corrected chi connectivity index (χ0v) is 6.97. The van der Waals surface area contributed by atoms with Crippen molar-refractivity contribution in [3.8, 4) is 0 Å². The lowest BCUT2D eigenvalue weighted by Gasteiger charge is -1.96. The third-order valence-electron chi connectivity index (χ3n) is 1.36. The fourth-order valence-electron chi connectivity index (χ4n) is 0.778. The lowest BCUT2D eigenvalue weighted by molar-refractivity contribution is 0.102. The zero-order valence-electron chi connectivity index (χ0n) is 6.16. The van der Waals surface area contributed by atoms with E-state index in [0.29, 0.717) is 17.6 Å². The summed E-state index contributed by atoms with van der Waals surface area (Å²) in [6, 6.07) is 5.23. The van der Waals surface area contributed by atoms with Crippen LogP contribution in [0.2, 0.25) is 0 Å². The summed E-state index contributed by atoms with van der Waals surface area (Å²) in [6.45, 7) is 0. The molecule has 0 radical (unpaired) electrons. The maximum atomic E-state index is 12.4. The summed E-state index contributed by atoms with van der Waals surface area (Å²) in [5, 5.41) is 0. The number of halogens is 1. The van der Waals surface area contributed by atoms with Gasteiger partial charge in [0.2, 0.25) is 0 Å². The molecule has 0 saturated carbocycles. The summed E-state index contributed by atoms with van der Waals surface area (Å²) < 4.78 is 20.7. The normalized spacial score (nSPS) is 9.83. The molecule has 0 fully saturated rings. The van der Waals surface area contributed by atoms with Gasteiger partial charge in [-0.1, -0.05) is 0 Å². The SMILES string of the molecule is O=C(CSO)c1ccc(F)cc1. The Bertz CT molecular complexity index is 271. The van der Waals surface area contributed by atoms with Crippen LogP contribution in [0.15, 0.2) is 24.3 Å². The number of ketones is 1. The molecule has 12 heavy (non-hydrogen) atoms. The van der Waals surface area contributed by atoms with Crippen molar-refractivity contribution in [3.63, 3.8) is 0 Å². The molecule has 1 aromatic rings. The predicted molar refractivity (Wildman–Crippen MR) is 45.8 cm³/mol. The number of Topliss-reactive ketones (excluding diaryl/α,β-unsaturated/α-hetero) is 1. The van der Waals surface area contributed by atoms with Crippen LogP contribution in [0.4, 0.5) is 4.39 Å². The van der Waals surface area contributed by atoms with Crippen LogP contribution < -0.4 is 0 Å². The smallest absolute Gasteiger partial charge is 0.175 e. The van der Waals surface area contributed by atoms with Gasteiger partial charge in [0, 0.05) is 5.56 Å². The second-order valence-electron chi connectivity index (χ2n) is 2.20. The Morgan fingerprint density at radius 1 is 1.42 bits per heavy atom.